The van der Waals surface area contributed by atoms with Crippen LogP contribution in [0.3, 0.4) is 0 Å². The number of hydrogen-bond acceptors (Lipinski definition) is 3. The van der Waals surface area contributed by atoms with Gasteiger partial charge in [0.25, 0.3) is 0 Å². The van der Waals surface area contributed by atoms with E-state index in [0.29, 0.717) is 5.92 Å². The number of nitriles is 1. The molecule has 96 valence electrons. The van der Waals surface area contributed by atoms with Crippen molar-refractivity contribution in [3.05, 3.63) is 29.8 Å². The summed E-state index contributed by atoms with van der Waals surface area (Å²) in [7, 11) is 2.02. The topological polar surface area (TPSA) is 39.1 Å². The molecular formula is C15H21N3. The number of hydrogen-bond donors (Lipinski definition) is 1. The van der Waals surface area contributed by atoms with Crippen molar-refractivity contribution in [1.82, 2.24) is 5.32 Å². The maximum Gasteiger partial charge on any atom is 0.101 e. The molecule has 1 heterocycles. The molecule has 1 aliphatic heterocycles. The highest BCUT2D eigenvalue weighted by Gasteiger charge is 2.26. The zero-order valence-electron chi connectivity index (χ0n) is 11.2. The second-order valence-corrected chi connectivity index (χ2v) is 5.16. The third kappa shape index (κ3) is 2.65. The van der Waals surface area contributed by atoms with Crippen LogP contribution in [0.4, 0.5) is 5.69 Å². The van der Waals surface area contributed by atoms with E-state index in [-0.39, 0.29) is 0 Å². The Morgan fingerprint density at radius 1 is 1.44 bits per heavy atom. The van der Waals surface area contributed by atoms with Crippen molar-refractivity contribution in [3.63, 3.8) is 0 Å². The minimum absolute atomic E-state index is 0.665. The van der Waals surface area contributed by atoms with Crippen molar-refractivity contribution in [2.24, 2.45) is 11.8 Å². The van der Waals surface area contributed by atoms with Crippen LogP contribution >= 0.6 is 0 Å². The molecule has 1 saturated heterocycles. The molecule has 3 nitrogen and oxygen atoms in total. The van der Waals surface area contributed by atoms with Crippen molar-refractivity contribution in [3.8, 4) is 6.07 Å². The fraction of sp³-hybridized carbons (Fsp3) is 0.533. The minimum atomic E-state index is 0.665. The lowest BCUT2D eigenvalue weighted by Crippen LogP contribution is -2.42. The molecule has 1 unspecified atom stereocenters. The standard InChI is InChI=1S/C15H21N3/c1-12-11-18(8-7-14(12)10-17-2)15-6-4-3-5-13(15)9-16/h3-6,12,14,17H,7-8,10-11H2,1-2H3/t12-,14?/m1/s1. The molecule has 0 amide bonds. The zero-order chi connectivity index (χ0) is 13.0. The Morgan fingerprint density at radius 2 is 2.22 bits per heavy atom. The summed E-state index contributed by atoms with van der Waals surface area (Å²) >= 11 is 0. The Hall–Kier alpha value is -1.53. The van der Waals surface area contributed by atoms with Gasteiger partial charge >= 0.3 is 0 Å². The second-order valence-electron chi connectivity index (χ2n) is 5.16. The molecule has 2 rings (SSSR count). The van der Waals surface area contributed by atoms with E-state index in [2.05, 4.69) is 29.3 Å². The average molecular weight is 243 g/mol. The van der Waals surface area contributed by atoms with Crippen molar-refractivity contribution >= 4 is 5.69 Å². The number of anilines is 1. The van der Waals surface area contributed by atoms with Gasteiger partial charge in [-0.3, -0.25) is 0 Å². The smallest absolute Gasteiger partial charge is 0.101 e. The van der Waals surface area contributed by atoms with Crippen LogP contribution in [0.2, 0.25) is 0 Å². The van der Waals surface area contributed by atoms with Gasteiger partial charge in [0.1, 0.15) is 6.07 Å². The quantitative estimate of drug-likeness (QED) is 0.885. The minimum Gasteiger partial charge on any atom is -0.370 e. The van der Waals surface area contributed by atoms with E-state index in [9.17, 15) is 0 Å². The Balaban J connectivity index is 2.11. The Labute approximate surface area is 109 Å². The molecule has 0 spiro atoms. The van der Waals surface area contributed by atoms with E-state index in [1.807, 2.05) is 25.2 Å². The lowest BCUT2D eigenvalue weighted by molar-refractivity contribution is 0.293. The SMILES string of the molecule is CNCC1CCN(c2ccccc2C#N)C[C@H]1C. The van der Waals surface area contributed by atoms with E-state index < -0.39 is 0 Å². The largest absolute Gasteiger partial charge is 0.370 e. The third-order valence-corrected chi connectivity index (χ3v) is 3.91. The van der Waals surface area contributed by atoms with Gasteiger partial charge in [0.05, 0.1) is 11.3 Å². The number of nitrogens with zero attached hydrogens (tertiary/aromatic N) is 2. The first-order valence-electron chi connectivity index (χ1n) is 6.65. The molecule has 2 atom stereocenters. The molecule has 1 aromatic carbocycles. The molecular weight excluding hydrogens is 222 g/mol. The van der Waals surface area contributed by atoms with Crippen molar-refractivity contribution in [2.75, 3.05) is 31.6 Å². The summed E-state index contributed by atoms with van der Waals surface area (Å²) in [5, 5.41) is 12.4. The lowest BCUT2D eigenvalue weighted by Gasteiger charge is -2.38. The van der Waals surface area contributed by atoms with Crippen LogP contribution in [0.5, 0.6) is 0 Å². The molecule has 0 bridgehead atoms. The summed E-state index contributed by atoms with van der Waals surface area (Å²) in [6.45, 7) is 5.50. The van der Waals surface area contributed by atoms with E-state index in [4.69, 9.17) is 5.26 Å². The number of rotatable bonds is 3. The Morgan fingerprint density at radius 3 is 2.89 bits per heavy atom. The summed E-state index contributed by atoms with van der Waals surface area (Å²) in [6.07, 6.45) is 1.20. The van der Waals surface area contributed by atoms with Crippen molar-refractivity contribution in [1.29, 1.82) is 5.26 Å². The maximum atomic E-state index is 9.16. The van der Waals surface area contributed by atoms with E-state index in [1.54, 1.807) is 0 Å². The van der Waals surface area contributed by atoms with Gasteiger partial charge in [-0.1, -0.05) is 19.1 Å². The first kappa shape index (κ1) is 12.9. The summed E-state index contributed by atoms with van der Waals surface area (Å²) in [4.78, 5) is 2.36. The van der Waals surface area contributed by atoms with Crippen LogP contribution in [0.1, 0.15) is 18.9 Å². The van der Waals surface area contributed by atoms with Gasteiger partial charge < -0.3 is 10.2 Å². The first-order chi connectivity index (χ1) is 8.76. The molecule has 0 saturated carbocycles. The van der Waals surface area contributed by atoms with E-state index >= 15 is 0 Å². The average Bonchev–Trinajstić information content (AvgIpc) is 2.41. The van der Waals surface area contributed by atoms with E-state index in [0.717, 1.165) is 36.8 Å². The number of para-hydroxylation sites is 1. The van der Waals surface area contributed by atoms with Gasteiger partial charge in [-0.05, 0) is 44.0 Å². The molecule has 0 aliphatic carbocycles. The molecule has 0 radical (unpaired) electrons. The van der Waals surface area contributed by atoms with Gasteiger partial charge in [0, 0.05) is 13.1 Å². The predicted octanol–water partition coefficient (Wildman–Crippen LogP) is 2.24. The zero-order valence-corrected chi connectivity index (χ0v) is 11.2. The fourth-order valence-corrected chi connectivity index (χ4v) is 2.82. The highest BCUT2D eigenvalue weighted by Crippen LogP contribution is 2.28. The molecule has 1 aliphatic rings. The number of nitrogens with one attached hydrogen (secondary N) is 1. The number of piperidine rings is 1. The summed E-state index contributed by atoms with van der Waals surface area (Å²) < 4.78 is 0. The van der Waals surface area contributed by atoms with Gasteiger partial charge in [0.15, 0.2) is 0 Å². The second kappa shape index (κ2) is 5.88. The Kier molecular flexibility index (Phi) is 4.22. The van der Waals surface area contributed by atoms with E-state index in [1.165, 1.54) is 6.42 Å². The number of benzene rings is 1. The lowest BCUT2D eigenvalue weighted by atomic mass is 9.86. The maximum absolute atomic E-state index is 9.16. The molecule has 18 heavy (non-hydrogen) atoms. The molecule has 1 N–H and O–H groups in total. The molecule has 1 aromatic rings. The predicted molar refractivity (Wildman–Crippen MR) is 74.6 cm³/mol. The fourth-order valence-electron chi connectivity index (χ4n) is 2.82. The highest BCUT2D eigenvalue weighted by atomic mass is 15.1. The monoisotopic (exact) mass is 243 g/mol. The highest BCUT2D eigenvalue weighted by molar-refractivity contribution is 5.59. The van der Waals surface area contributed by atoms with Crippen LogP contribution in [-0.4, -0.2) is 26.7 Å². The molecule has 1 fully saturated rings. The normalized spacial score (nSPS) is 23.7. The summed E-state index contributed by atoms with van der Waals surface area (Å²) in [5.74, 6) is 1.42. The first-order valence-corrected chi connectivity index (χ1v) is 6.65. The van der Waals surface area contributed by atoms with Crippen LogP contribution in [-0.2, 0) is 0 Å². The summed E-state index contributed by atoms with van der Waals surface area (Å²) in [6, 6.07) is 10.2. The van der Waals surface area contributed by atoms with Gasteiger partial charge in [0.2, 0.25) is 0 Å². The Bertz CT molecular complexity index is 436. The van der Waals surface area contributed by atoms with Gasteiger partial charge in [-0.15, -0.1) is 0 Å². The van der Waals surface area contributed by atoms with Crippen molar-refractivity contribution < 1.29 is 0 Å². The van der Waals surface area contributed by atoms with Crippen LogP contribution in [0.25, 0.3) is 0 Å². The molecule has 3 heteroatoms. The summed E-state index contributed by atoms with van der Waals surface area (Å²) in [5.41, 5.74) is 1.88. The van der Waals surface area contributed by atoms with Crippen LogP contribution < -0.4 is 10.2 Å². The van der Waals surface area contributed by atoms with Gasteiger partial charge in [-0.2, -0.15) is 5.26 Å². The third-order valence-electron chi connectivity index (χ3n) is 3.91. The van der Waals surface area contributed by atoms with Gasteiger partial charge in [-0.25, -0.2) is 0 Å². The molecule has 0 aromatic heterocycles. The van der Waals surface area contributed by atoms with Crippen molar-refractivity contribution in [2.45, 2.75) is 13.3 Å². The van der Waals surface area contributed by atoms with Crippen LogP contribution in [0, 0.1) is 23.2 Å². The van der Waals surface area contributed by atoms with Crippen LogP contribution in [0.15, 0.2) is 24.3 Å².